The smallest absolute Gasteiger partial charge is 0.0784 e. The molecule has 2 N–H and O–H groups in total. The van der Waals surface area contributed by atoms with E-state index in [4.69, 9.17) is 10.7 Å². The summed E-state index contributed by atoms with van der Waals surface area (Å²) in [6, 6.07) is 0. The Balaban J connectivity index is 3.03. The largest absolute Gasteiger partial charge is 0.301 e. The van der Waals surface area contributed by atoms with Crippen molar-refractivity contribution in [2.45, 2.75) is 103 Å². The molecule has 0 fully saturated rings. The molecule has 0 rings (SSSR count). The topological polar surface area (TPSA) is 35.2 Å². The number of unbranched alkanes of at least 4 members (excludes halogenated alkanes) is 10. The first-order valence-corrected chi connectivity index (χ1v) is 8.20. The van der Waals surface area contributed by atoms with Crippen molar-refractivity contribution in [3.63, 3.8) is 0 Å². The molecule has 0 amide bonds. The van der Waals surface area contributed by atoms with Gasteiger partial charge in [-0.15, -0.1) is 0 Å². The lowest BCUT2D eigenvalue weighted by molar-refractivity contribution is 0.0430. The summed E-state index contributed by atoms with van der Waals surface area (Å²) >= 11 is 0. The lowest BCUT2D eigenvalue weighted by atomic mass is 10.0. The second-order valence-electron chi connectivity index (χ2n) is 5.49. The van der Waals surface area contributed by atoms with Crippen LogP contribution in [-0.4, -0.2) is 6.10 Å². The van der Waals surface area contributed by atoms with E-state index in [9.17, 15) is 0 Å². The van der Waals surface area contributed by atoms with Gasteiger partial charge in [-0.05, 0) is 12.8 Å². The van der Waals surface area contributed by atoms with Crippen molar-refractivity contribution in [3.05, 3.63) is 0 Å². The van der Waals surface area contributed by atoms with Gasteiger partial charge in [0.05, 0.1) is 6.10 Å². The third kappa shape index (κ3) is 12.4. The standard InChI is InChI=1S/C16H35NO/c1-3-5-6-7-8-9-10-11-12-13-14-15-16(4-2)18-17/h16H,3-15,17H2,1-2H3. The third-order valence-corrected chi connectivity index (χ3v) is 3.78. The van der Waals surface area contributed by atoms with Crippen LogP contribution in [0.3, 0.4) is 0 Å². The molecule has 2 nitrogen and oxygen atoms in total. The minimum Gasteiger partial charge on any atom is -0.301 e. The average Bonchev–Trinajstić information content (AvgIpc) is 2.40. The highest BCUT2D eigenvalue weighted by molar-refractivity contribution is 4.55. The van der Waals surface area contributed by atoms with Crippen molar-refractivity contribution >= 4 is 0 Å². The van der Waals surface area contributed by atoms with Crippen molar-refractivity contribution in [2.75, 3.05) is 0 Å². The molecule has 0 spiro atoms. The average molecular weight is 257 g/mol. The molecule has 0 heterocycles. The predicted octanol–water partition coefficient (Wildman–Crippen LogP) is 5.36. The van der Waals surface area contributed by atoms with Crippen molar-refractivity contribution in [2.24, 2.45) is 5.90 Å². The van der Waals surface area contributed by atoms with Gasteiger partial charge in [-0.25, -0.2) is 5.90 Å². The van der Waals surface area contributed by atoms with Crippen molar-refractivity contribution in [3.8, 4) is 0 Å². The van der Waals surface area contributed by atoms with Gasteiger partial charge in [-0.1, -0.05) is 84.5 Å². The first-order chi connectivity index (χ1) is 8.85. The zero-order valence-electron chi connectivity index (χ0n) is 12.8. The van der Waals surface area contributed by atoms with Gasteiger partial charge in [0.15, 0.2) is 0 Å². The van der Waals surface area contributed by atoms with Crippen molar-refractivity contribution in [1.82, 2.24) is 0 Å². The van der Waals surface area contributed by atoms with Gasteiger partial charge >= 0.3 is 0 Å². The molecule has 0 aliphatic rings. The fourth-order valence-corrected chi connectivity index (χ4v) is 2.40. The van der Waals surface area contributed by atoms with Gasteiger partial charge < -0.3 is 4.84 Å². The van der Waals surface area contributed by atoms with E-state index in [0.29, 0.717) is 0 Å². The van der Waals surface area contributed by atoms with Crippen LogP contribution in [0.1, 0.15) is 97.3 Å². The van der Waals surface area contributed by atoms with Crippen molar-refractivity contribution < 1.29 is 4.84 Å². The molecule has 0 aromatic rings. The van der Waals surface area contributed by atoms with Crippen LogP contribution in [0.4, 0.5) is 0 Å². The summed E-state index contributed by atoms with van der Waals surface area (Å²) < 4.78 is 0. The van der Waals surface area contributed by atoms with Crippen LogP contribution >= 0.6 is 0 Å². The molecule has 0 aromatic carbocycles. The maximum Gasteiger partial charge on any atom is 0.0784 e. The highest BCUT2D eigenvalue weighted by Crippen LogP contribution is 2.13. The van der Waals surface area contributed by atoms with E-state index in [0.717, 1.165) is 12.8 Å². The van der Waals surface area contributed by atoms with Crippen LogP contribution in [0.5, 0.6) is 0 Å². The monoisotopic (exact) mass is 257 g/mol. The Hall–Kier alpha value is -0.0800. The minimum atomic E-state index is 0.281. The van der Waals surface area contributed by atoms with E-state index < -0.39 is 0 Å². The highest BCUT2D eigenvalue weighted by atomic mass is 16.6. The molecule has 0 radical (unpaired) electrons. The zero-order valence-corrected chi connectivity index (χ0v) is 12.8. The zero-order chi connectivity index (χ0) is 13.5. The summed E-state index contributed by atoms with van der Waals surface area (Å²) in [6.45, 7) is 4.41. The molecule has 0 aromatic heterocycles. The van der Waals surface area contributed by atoms with E-state index in [1.54, 1.807) is 0 Å². The maximum atomic E-state index is 5.21. The SMILES string of the molecule is CCCCCCCCCCCCCC(CC)ON. The minimum absolute atomic E-state index is 0.281. The summed E-state index contributed by atoms with van der Waals surface area (Å²) in [4.78, 5) is 4.89. The summed E-state index contributed by atoms with van der Waals surface area (Å²) in [7, 11) is 0. The van der Waals surface area contributed by atoms with E-state index in [2.05, 4.69) is 13.8 Å². The van der Waals surface area contributed by atoms with Gasteiger partial charge in [-0.3, -0.25) is 0 Å². The third-order valence-electron chi connectivity index (χ3n) is 3.78. The van der Waals surface area contributed by atoms with E-state index in [1.807, 2.05) is 0 Å². The fourth-order valence-electron chi connectivity index (χ4n) is 2.40. The Morgan fingerprint density at radius 1 is 0.722 bits per heavy atom. The summed E-state index contributed by atoms with van der Waals surface area (Å²) in [5, 5.41) is 0. The molecule has 0 saturated carbocycles. The van der Waals surface area contributed by atoms with Crippen molar-refractivity contribution in [1.29, 1.82) is 0 Å². The summed E-state index contributed by atoms with van der Waals surface area (Å²) in [6.07, 6.45) is 17.8. The molecule has 0 aliphatic carbocycles. The number of hydrogen-bond acceptors (Lipinski definition) is 2. The van der Waals surface area contributed by atoms with Crippen LogP contribution in [0.2, 0.25) is 0 Å². The summed E-state index contributed by atoms with van der Waals surface area (Å²) in [5.74, 6) is 5.21. The lowest BCUT2D eigenvalue weighted by Crippen LogP contribution is -2.15. The second kappa shape index (κ2) is 15.0. The molecule has 2 heteroatoms. The Morgan fingerprint density at radius 3 is 1.56 bits per heavy atom. The molecule has 0 saturated heterocycles. The van der Waals surface area contributed by atoms with Crippen LogP contribution in [0.15, 0.2) is 0 Å². The van der Waals surface area contributed by atoms with Gasteiger partial charge in [0.1, 0.15) is 0 Å². The molecule has 1 unspecified atom stereocenters. The molecule has 0 aliphatic heterocycles. The second-order valence-corrected chi connectivity index (χ2v) is 5.49. The van der Waals surface area contributed by atoms with Gasteiger partial charge in [0.25, 0.3) is 0 Å². The normalized spacial score (nSPS) is 12.8. The molecule has 110 valence electrons. The molecule has 0 bridgehead atoms. The molecule has 18 heavy (non-hydrogen) atoms. The first kappa shape index (κ1) is 17.9. The van der Waals surface area contributed by atoms with Crippen LogP contribution in [-0.2, 0) is 4.84 Å². The first-order valence-electron chi connectivity index (χ1n) is 8.20. The van der Waals surface area contributed by atoms with Gasteiger partial charge in [0.2, 0.25) is 0 Å². The van der Waals surface area contributed by atoms with Crippen LogP contribution in [0.25, 0.3) is 0 Å². The fraction of sp³-hybridized carbons (Fsp3) is 1.00. The molecular formula is C16H35NO. The van der Waals surface area contributed by atoms with Crippen LogP contribution in [0, 0.1) is 0 Å². The lowest BCUT2D eigenvalue weighted by Gasteiger charge is -2.11. The Morgan fingerprint density at radius 2 is 1.17 bits per heavy atom. The van der Waals surface area contributed by atoms with Crippen LogP contribution < -0.4 is 5.90 Å². The predicted molar refractivity (Wildman–Crippen MR) is 80.4 cm³/mol. The van der Waals surface area contributed by atoms with E-state index >= 15 is 0 Å². The number of rotatable bonds is 14. The van der Waals surface area contributed by atoms with E-state index in [1.165, 1.54) is 70.6 Å². The maximum absolute atomic E-state index is 5.21. The Kier molecular flexibility index (Phi) is 14.9. The quantitative estimate of drug-likeness (QED) is 0.336. The highest BCUT2D eigenvalue weighted by Gasteiger charge is 2.03. The number of nitrogens with two attached hydrogens (primary N) is 1. The molecule has 1 atom stereocenters. The van der Waals surface area contributed by atoms with Gasteiger partial charge in [0, 0.05) is 0 Å². The summed E-state index contributed by atoms with van der Waals surface area (Å²) in [5.41, 5.74) is 0. The Labute approximate surface area is 115 Å². The number of hydrogen-bond donors (Lipinski definition) is 1. The van der Waals surface area contributed by atoms with E-state index in [-0.39, 0.29) is 6.10 Å². The van der Waals surface area contributed by atoms with Gasteiger partial charge in [-0.2, -0.15) is 0 Å². The molecular weight excluding hydrogens is 222 g/mol. The Bertz CT molecular complexity index is 146.